The lowest BCUT2D eigenvalue weighted by Gasteiger charge is -2.05. The summed E-state index contributed by atoms with van der Waals surface area (Å²) in [5, 5.41) is 0. The van der Waals surface area contributed by atoms with Crippen LogP contribution in [-0.2, 0) is 0 Å². The van der Waals surface area contributed by atoms with Crippen molar-refractivity contribution in [2.45, 2.75) is 0 Å². The molecule has 2 nitrogen and oxygen atoms in total. The first-order chi connectivity index (χ1) is 9.38. The second-order valence-electron chi connectivity index (χ2n) is 4.38. The maximum Gasteiger partial charge on any atom is 0.118 e. The Morgan fingerprint density at radius 2 is 1.32 bits per heavy atom. The predicted octanol–water partition coefficient (Wildman–Crippen LogP) is 4.36. The summed E-state index contributed by atoms with van der Waals surface area (Å²) in [4.78, 5) is 3.19. The topological polar surface area (TPSA) is 25.0 Å². The number of H-pyrrole nitrogens is 1. The zero-order valence-corrected chi connectivity index (χ0v) is 10.8. The number of nitrogens with one attached hydrogen (secondary N) is 1. The van der Waals surface area contributed by atoms with Gasteiger partial charge >= 0.3 is 0 Å². The molecule has 0 atom stereocenters. The largest absolute Gasteiger partial charge is 0.497 e. The van der Waals surface area contributed by atoms with Gasteiger partial charge in [0.05, 0.1) is 7.11 Å². The third-order valence-corrected chi connectivity index (χ3v) is 3.23. The highest BCUT2D eigenvalue weighted by Crippen LogP contribution is 2.32. The van der Waals surface area contributed by atoms with Crippen LogP contribution in [0.2, 0.25) is 0 Å². The van der Waals surface area contributed by atoms with E-state index in [1.165, 1.54) is 22.3 Å². The Balaban J connectivity index is 2.04. The van der Waals surface area contributed by atoms with Crippen LogP contribution in [0.1, 0.15) is 0 Å². The van der Waals surface area contributed by atoms with E-state index in [2.05, 4.69) is 41.4 Å². The van der Waals surface area contributed by atoms with Gasteiger partial charge in [0.15, 0.2) is 0 Å². The fraction of sp³-hybridized carbons (Fsp3) is 0.0588. The highest BCUT2D eigenvalue weighted by Gasteiger charge is 2.08. The third-order valence-electron chi connectivity index (χ3n) is 3.23. The molecule has 2 heteroatoms. The molecule has 0 spiro atoms. The van der Waals surface area contributed by atoms with Crippen molar-refractivity contribution >= 4 is 0 Å². The van der Waals surface area contributed by atoms with Gasteiger partial charge in [0, 0.05) is 23.5 Å². The molecule has 3 rings (SSSR count). The van der Waals surface area contributed by atoms with Gasteiger partial charge in [-0.3, -0.25) is 0 Å². The lowest BCUT2D eigenvalue weighted by molar-refractivity contribution is 0.415. The lowest BCUT2D eigenvalue weighted by atomic mass is 9.99. The first-order valence-corrected chi connectivity index (χ1v) is 6.25. The molecule has 0 amide bonds. The molecular formula is C17H15NO. The summed E-state index contributed by atoms with van der Waals surface area (Å²) < 4.78 is 5.19. The third kappa shape index (κ3) is 2.25. The second-order valence-corrected chi connectivity index (χ2v) is 4.38. The van der Waals surface area contributed by atoms with Gasteiger partial charge in [-0.15, -0.1) is 0 Å². The molecule has 0 saturated carbocycles. The van der Waals surface area contributed by atoms with Crippen LogP contribution in [0, 0.1) is 0 Å². The van der Waals surface area contributed by atoms with Crippen molar-refractivity contribution < 1.29 is 4.74 Å². The van der Waals surface area contributed by atoms with E-state index in [0.29, 0.717) is 0 Å². The molecule has 0 fully saturated rings. The van der Waals surface area contributed by atoms with Crippen LogP contribution in [0.5, 0.6) is 5.75 Å². The Morgan fingerprint density at radius 1 is 0.737 bits per heavy atom. The van der Waals surface area contributed by atoms with E-state index in [9.17, 15) is 0 Å². The van der Waals surface area contributed by atoms with E-state index in [4.69, 9.17) is 4.74 Å². The molecular weight excluding hydrogens is 234 g/mol. The number of methoxy groups -OCH3 is 1. The van der Waals surface area contributed by atoms with Gasteiger partial charge in [-0.25, -0.2) is 0 Å². The summed E-state index contributed by atoms with van der Waals surface area (Å²) in [5.74, 6) is 0.876. The molecule has 2 aromatic carbocycles. The minimum Gasteiger partial charge on any atom is -0.497 e. The van der Waals surface area contributed by atoms with E-state index < -0.39 is 0 Å². The fourth-order valence-corrected chi connectivity index (χ4v) is 2.23. The Labute approximate surface area is 112 Å². The lowest BCUT2D eigenvalue weighted by Crippen LogP contribution is -1.83. The van der Waals surface area contributed by atoms with E-state index >= 15 is 0 Å². The van der Waals surface area contributed by atoms with Crippen LogP contribution in [0.15, 0.2) is 67.0 Å². The highest BCUT2D eigenvalue weighted by molar-refractivity contribution is 5.83. The Hall–Kier alpha value is -2.48. The van der Waals surface area contributed by atoms with E-state index in [1.54, 1.807) is 7.11 Å². The zero-order valence-electron chi connectivity index (χ0n) is 10.8. The smallest absolute Gasteiger partial charge is 0.118 e. The Bertz CT molecular complexity index is 653. The molecule has 0 aliphatic heterocycles. The van der Waals surface area contributed by atoms with Crippen LogP contribution in [0.4, 0.5) is 0 Å². The van der Waals surface area contributed by atoms with Crippen LogP contribution in [0.25, 0.3) is 22.3 Å². The van der Waals surface area contributed by atoms with Gasteiger partial charge in [0.25, 0.3) is 0 Å². The molecule has 0 aliphatic carbocycles. The number of rotatable bonds is 3. The van der Waals surface area contributed by atoms with E-state index in [-0.39, 0.29) is 0 Å². The predicted molar refractivity (Wildman–Crippen MR) is 78.2 cm³/mol. The van der Waals surface area contributed by atoms with Crippen molar-refractivity contribution in [3.8, 4) is 28.0 Å². The number of aromatic amines is 1. The van der Waals surface area contributed by atoms with Crippen molar-refractivity contribution in [2.75, 3.05) is 7.11 Å². The highest BCUT2D eigenvalue weighted by atomic mass is 16.5. The van der Waals surface area contributed by atoms with Gasteiger partial charge < -0.3 is 9.72 Å². The number of hydrogen-bond donors (Lipinski definition) is 1. The Kier molecular flexibility index (Phi) is 3.07. The standard InChI is InChI=1S/C17H15NO/c1-19-15-9-7-14(8-10-15)17-12-18-11-16(17)13-5-3-2-4-6-13/h2-12,18H,1H3. The van der Waals surface area contributed by atoms with E-state index in [1.807, 2.05) is 30.6 Å². The minimum atomic E-state index is 0.876. The first kappa shape index (κ1) is 11.6. The van der Waals surface area contributed by atoms with Crippen molar-refractivity contribution in [2.24, 2.45) is 0 Å². The molecule has 94 valence electrons. The fourth-order valence-electron chi connectivity index (χ4n) is 2.23. The van der Waals surface area contributed by atoms with Gasteiger partial charge in [-0.1, -0.05) is 42.5 Å². The summed E-state index contributed by atoms with van der Waals surface area (Å²) in [6.45, 7) is 0. The molecule has 19 heavy (non-hydrogen) atoms. The molecule has 0 saturated heterocycles. The average molecular weight is 249 g/mol. The monoisotopic (exact) mass is 249 g/mol. The minimum absolute atomic E-state index is 0.876. The first-order valence-electron chi connectivity index (χ1n) is 6.25. The molecule has 1 N–H and O–H groups in total. The van der Waals surface area contributed by atoms with E-state index in [0.717, 1.165) is 5.75 Å². The van der Waals surface area contributed by atoms with Crippen molar-refractivity contribution in [1.82, 2.24) is 4.98 Å². The number of benzene rings is 2. The summed E-state index contributed by atoms with van der Waals surface area (Å²) in [7, 11) is 1.68. The van der Waals surface area contributed by atoms with Crippen molar-refractivity contribution in [3.63, 3.8) is 0 Å². The van der Waals surface area contributed by atoms with Crippen molar-refractivity contribution in [1.29, 1.82) is 0 Å². The van der Waals surface area contributed by atoms with Gasteiger partial charge in [0.1, 0.15) is 5.75 Å². The molecule has 1 aromatic heterocycles. The zero-order chi connectivity index (χ0) is 13.1. The molecule has 0 radical (unpaired) electrons. The summed E-state index contributed by atoms with van der Waals surface area (Å²) in [6, 6.07) is 18.5. The van der Waals surface area contributed by atoms with Crippen LogP contribution >= 0.6 is 0 Å². The Morgan fingerprint density at radius 3 is 1.89 bits per heavy atom. The number of ether oxygens (including phenoxy) is 1. The van der Waals surface area contributed by atoms with Crippen LogP contribution < -0.4 is 4.74 Å². The van der Waals surface area contributed by atoms with Gasteiger partial charge in [0.2, 0.25) is 0 Å². The average Bonchev–Trinajstić information content (AvgIpc) is 2.98. The normalized spacial score (nSPS) is 10.4. The quantitative estimate of drug-likeness (QED) is 0.733. The molecule has 0 unspecified atom stereocenters. The van der Waals surface area contributed by atoms with Crippen molar-refractivity contribution in [3.05, 3.63) is 67.0 Å². The molecule has 3 aromatic rings. The SMILES string of the molecule is COc1ccc(-c2c[nH]cc2-c2ccccc2)cc1. The number of hydrogen-bond acceptors (Lipinski definition) is 1. The maximum atomic E-state index is 5.19. The van der Waals surface area contributed by atoms with Gasteiger partial charge in [-0.05, 0) is 23.3 Å². The molecule has 0 aliphatic rings. The van der Waals surface area contributed by atoms with Crippen LogP contribution in [-0.4, -0.2) is 12.1 Å². The van der Waals surface area contributed by atoms with Gasteiger partial charge in [-0.2, -0.15) is 0 Å². The van der Waals surface area contributed by atoms with Crippen LogP contribution in [0.3, 0.4) is 0 Å². The summed E-state index contributed by atoms with van der Waals surface area (Å²) >= 11 is 0. The number of aromatic nitrogens is 1. The molecule has 1 heterocycles. The second kappa shape index (κ2) is 5.02. The summed E-state index contributed by atoms with van der Waals surface area (Å²) in [6.07, 6.45) is 4.07. The maximum absolute atomic E-state index is 5.19. The summed E-state index contributed by atoms with van der Waals surface area (Å²) in [5.41, 5.74) is 4.81. The molecule has 0 bridgehead atoms.